The minimum Gasteiger partial charge on any atom is -0.468 e. The summed E-state index contributed by atoms with van der Waals surface area (Å²) in [5.41, 5.74) is -0.594. The molecule has 0 aromatic carbocycles. The van der Waals surface area contributed by atoms with Gasteiger partial charge >= 0.3 is 5.97 Å². The maximum Gasteiger partial charge on any atom is 0.325 e. The minimum atomic E-state index is -0.594. The van der Waals surface area contributed by atoms with E-state index in [9.17, 15) is 4.79 Å². The molecule has 0 heterocycles. The van der Waals surface area contributed by atoms with Crippen molar-refractivity contribution in [1.82, 2.24) is 10.2 Å². The van der Waals surface area contributed by atoms with Crippen LogP contribution >= 0.6 is 0 Å². The lowest BCUT2D eigenvalue weighted by Gasteiger charge is -2.36. The van der Waals surface area contributed by atoms with E-state index in [0.29, 0.717) is 6.04 Å². The lowest BCUT2D eigenvalue weighted by atomic mass is 9.88. The van der Waals surface area contributed by atoms with E-state index >= 15 is 0 Å². The van der Waals surface area contributed by atoms with Gasteiger partial charge < -0.3 is 15.0 Å². The third kappa shape index (κ3) is 5.59. The van der Waals surface area contributed by atoms with Crippen molar-refractivity contribution < 1.29 is 9.53 Å². The third-order valence-corrected chi connectivity index (χ3v) is 4.93. The molecule has 0 aromatic heterocycles. The average Bonchev–Trinajstić information content (AvgIpc) is 2.47. The van der Waals surface area contributed by atoms with Crippen LogP contribution in [0, 0.1) is 5.92 Å². The Morgan fingerprint density at radius 3 is 2.52 bits per heavy atom. The Bertz CT molecular complexity index is 316. The fraction of sp³-hybridized carbons (Fsp3) is 0.941. The second-order valence-corrected chi connectivity index (χ2v) is 6.85. The Morgan fingerprint density at radius 1 is 1.38 bits per heavy atom. The highest BCUT2D eigenvalue weighted by Crippen LogP contribution is 2.26. The van der Waals surface area contributed by atoms with Crippen molar-refractivity contribution >= 4 is 5.97 Å². The van der Waals surface area contributed by atoms with Gasteiger partial charge in [0, 0.05) is 12.6 Å². The lowest BCUT2D eigenvalue weighted by molar-refractivity contribution is -0.148. The Morgan fingerprint density at radius 2 is 2.00 bits per heavy atom. The van der Waals surface area contributed by atoms with Crippen LogP contribution in [-0.2, 0) is 9.53 Å². The molecule has 21 heavy (non-hydrogen) atoms. The number of hydrogen-bond acceptors (Lipinski definition) is 4. The van der Waals surface area contributed by atoms with Gasteiger partial charge in [0.2, 0.25) is 0 Å². The van der Waals surface area contributed by atoms with Gasteiger partial charge in [0.1, 0.15) is 5.54 Å². The first-order valence-electron chi connectivity index (χ1n) is 8.46. The zero-order chi connectivity index (χ0) is 15.9. The Labute approximate surface area is 130 Å². The number of nitrogens with one attached hydrogen (secondary N) is 1. The number of likely N-dealkylation sites (N-methyl/N-ethyl adjacent to an activating group) is 1. The Balaban J connectivity index is 2.54. The molecule has 124 valence electrons. The molecule has 1 N–H and O–H groups in total. The van der Waals surface area contributed by atoms with E-state index in [1.54, 1.807) is 0 Å². The van der Waals surface area contributed by atoms with Crippen LogP contribution in [-0.4, -0.2) is 49.7 Å². The predicted molar refractivity (Wildman–Crippen MR) is 87.4 cm³/mol. The highest BCUT2D eigenvalue weighted by Gasteiger charge is 2.36. The van der Waals surface area contributed by atoms with E-state index in [0.717, 1.165) is 25.4 Å². The van der Waals surface area contributed by atoms with Crippen LogP contribution in [0.2, 0.25) is 0 Å². The van der Waals surface area contributed by atoms with Gasteiger partial charge in [-0.15, -0.1) is 0 Å². The highest BCUT2D eigenvalue weighted by molar-refractivity contribution is 5.80. The van der Waals surface area contributed by atoms with Crippen LogP contribution in [0.1, 0.15) is 59.3 Å². The summed E-state index contributed by atoms with van der Waals surface area (Å²) >= 11 is 0. The maximum atomic E-state index is 12.1. The molecule has 1 aliphatic rings. The van der Waals surface area contributed by atoms with E-state index in [4.69, 9.17) is 4.74 Å². The fourth-order valence-electron chi connectivity index (χ4n) is 3.55. The van der Waals surface area contributed by atoms with Gasteiger partial charge in [-0.25, -0.2) is 0 Å². The summed E-state index contributed by atoms with van der Waals surface area (Å²) in [7, 11) is 3.65. The van der Waals surface area contributed by atoms with E-state index < -0.39 is 5.54 Å². The summed E-state index contributed by atoms with van der Waals surface area (Å²) in [6, 6.07) is 0.357. The predicted octanol–water partition coefficient (Wildman–Crippen LogP) is 2.82. The van der Waals surface area contributed by atoms with Gasteiger partial charge in [0.25, 0.3) is 0 Å². The molecule has 0 amide bonds. The molecule has 4 heteroatoms. The molecular weight excluding hydrogens is 264 g/mol. The maximum absolute atomic E-state index is 12.1. The Kier molecular flexibility index (Phi) is 7.67. The van der Waals surface area contributed by atoms with Crippen LogP contribution in [0.25, 0.3) is 0 Å². The van der Waals surface area contributed by atoms with E-state index in [2.05, 4.69) is 24.2 Å². The zero-order valence-electron chi connectivity index (χ0n) is 14.6. The summed E-state index contributed by atoms with van der Waals surface area (Å²) in [5, 5.41) is 3.30. The standard InChI is InChI=1S/C17H34N2O2/c1-6-18-17(3,16(20)21-5)12-14(2)19(4)13-15-10-8-7-9-11-15/h14-15,18H,6-13H2,1-5H3. The summed E-state index contributed by atoms with van der Waals surface area (Å²) in [6.45, 7) is 8.10. The number of methoxy groups -OCH3 is 1. The van der Waals surface area contributed by atoms with Gasteiger partial charge in [-0.2, -0.15) is 0 Å². The fourth-order valence-corrected chi connectivity index (χ4v) is 3.55. The first-order chi connectivity index (χ1) is 9.92. The van der Waals surface area contributed by atoms with Gasteiger partial charge in [0.05, 0.1) is 7.11 Å². The quantitative estimate of drug-likeness (QED) is 0.700. The largest absolute Gasteiger partial charge is 0.468 e. The second kappa shape index (κ2) is 8.74. The van der Waals surface area contributed by atoms with Crippen molar-refractivity contribution in [3.05, 3.63) is 0 Å². The van der Waals surface area contributed by atoms with Crippen molar-refractivity contribution in [1.29, 1.82) is 0 Å². The molecule has 0 spiro atoms. The first-order valence-corrected chi connectivity index (χ1v) is 8.46. The van der Waals surface area contributed by atoms with Gasteiger partial charge in [-0.3, -0.25) is 4.79 Å². The molecule has 1 saturated carbocycles. The summed E-state index contributed by atoms with van der Waals surface area (Å²) < 4.78 is 4.98. The number of carbonyl (C=O) groups excluding carboxylic acids is 1. The van der Waals surface area contributed by atoms with Crippen LogP contribution < -0.4 is 5.32 Å². The SMILES string of the molecule is CCNC(C)(CC(C)N(C)CC1CCCCC1)C(=O)OC. The van der Waals surface area contributed by atoms with Gasteiger partial charge in [-0.1, -0.05) is 26.2 Å². The number of hydrogen-bond donors (Lipinski definition) is 1. The monoisotopic (exact) mass is 298 g/mol. The van der Waals surface area contributed by atoms with Crippen LogP contribution in [0.3, 0.4) is 0 Å². The molecule has 2 atom stereocenters. The molecule has 1 aliphatic carbocycles. The molecular formula is C17H34N2O2. The second-order valence-electron chi connectivity index (χ2n) is 6.85. The van der Waals surface area contributed by atoms with Crippen LogP contribution in [0.5, 0.6) is 0 Å². The molecule has 0 aliphatic heterocycles. The smallest absolute Gasteiger partial charge is 0.325 e. The molecule has 0 radical (unpaired) electrons. The lowest BCUT2D eigenvalue weighted by Crippen LogP contribution is -2.54. The summed E-state index contributed by atoms with van der Waals surface area (Å²) in [6.07, 6.45) is 7.65. The zero-order valence-corrected chi connectivity index (χ0v) is 14.6. The number of rotatable bonds is 8. The van der Waals surface area contributed by atoms with E-state index in [1.807, 2.05) is 13.8 Å². The topological polar surface area (TPSA) is 41.6 Å². The normalized spacial score (nSPS) is 21.0. The van der Waals surface area contributed by atoms with Crippen molar-refractivity contribution in [3.63, 3.8) is 0 Å². The first kappa shape index (κ1) is 18.4. The summed E-state index contributed by atoms with van der Waals surface area (Å²) in [5.74, 6) is 0.664. The van der Waals surface area contributed by atoms with Crippen molar-refractivity contribution in [2.45, 2.75) is 70.9 Å². The molecule has 0 bridgehead atoms. The average molecular weight is 298 g/mol. The van der Waals surface area contributed by atoms with Gasteiger partial charge in [-0.05, 0) is 52.6 Å². The summed E-state index contributed by atoms with van der Waals surface area (Å²) in [4.78, 5) is 14.5. The molecule has 1 fully saturated rings. The number of esters is 1. The van der Waals surface area contributed by atoms with Crippen molar-refractivity contribution in [2.24, 2.45) is 5.92 Å². The molecule has 0 aromatic rings. The van der Waals surface area contributed by atoms with E-state index in [1.165, 1.54) is 39.2 Å². The van der Waals surface area contributed by atoms with Crippen molar-refractivity contribution in [3.8, 4) is 0 Å². The van der Waals surface area contributed by atoms with Crippen LogP contribution in [0.4, 0.5) is 0 Å². The highest BCUT2D eigenvalue weighted by atomic mass is 16.5. The number of nitrogens with zero attached hydrogens (tertiary/aromatic N) is 1. The number of carbonyl (C=O) groups is 1. The third-order valence-electron chi connectivity index (χ3n) is 4.93. The minimum absolute atomic E-state index is 0.165. The molecule has 4 nitrogen and oxygen atoms in total. The molecule has 2 unspecified atom stereocenters. The number of ether oxygens (including phenoxy) is 1. The molecule has 1 rings (SSSR count). The van der Waals surface area contributed by atoms with Gasteiger partial charge in [0.15, 0.2) is 0 Å². The van der Waals surface area contributed by atoms with Crippen LogP contribution in [0.15, 0.2) is 0 Å². The van der Waals surface area contributed by atoms with E-state index in [-0.39, 0.29) is 5.97 Å². The Hall–Kier alpha value is -0.610. The van der Waals surface area contributed by atoms with Crippen molar-refractivity contribution in [2.75, 3.05) is 27.2 Å². The molecule has 0 saturated heterocycles.